The van der Waals surface area contributed by atoms with Crippen molar-refractivity contribution in [3.8, 4) is 11.8 Å². The molecule has 0 unspecified atom stereocenters. The summed E-state index contributed by atoms with van der Waals surface area (Å²) in [4.78, 5) is 4.35. The summed E-state index contributed by atoms with van der Waals surface area (Å²) < 4.78 is 5.70. The third-order valence-corrected chi connectivity index (χ3v) is 3.26. The third-order valence-electron chi connectivity index (χ3n) is 3.26. The highest BCUT2D eigenvalue weighted by molar-refractivity contribution is 5.53. The quantitative estimate of drug-likeness (QED) is 0.924. The molecule has 0 spiro atoms. The highest BCUT2D eigenvalue weighted by Crippen LogP contribution is 2.20. The first-order chi connectivity index (χ1) is 9.61. The first-order valence-corrected chi connectivity index (χ1v) is 6.41. The van der Waals surface area contributed by atoms with Gasteiger partial charge >= 0.3 is 0 Å². The van der Waals surface area contributed by atoms with E-state index in [1.807, 2.05) is 38.1 Å². The second-order valence-corrected chi connectivity index (χ2v) is 4.69. The van der Waals surface area contributed by atoms with Crippen molar-refractivity contribution in [2.24, 2.45) is 0 Å². The predicted octanol–water partition coefficient (Wildman–Crippen LogP) is 2.93. The maximum atomic E-state index is 8.62. The second-order valence-electron chi connectivity index (χ2n) is 4.69. The number of aryl methyl sites for hydroxylation is 1. The molecule has 2 N–H and O–H groups in total. The van der Waals surface area contributed by atoms with Crippen molar-refractivity contribution >= 4 is 5.69 Å². The van der Waals surface area contributed by atoms with Crippen LogP contribution in [0.3, 0.4) is 0 Å². The number of nitrogens with two attached hydrogens (primary N) is 1. The number of nitriles is 1. The van der Waals surface area contributed by atoms with Gasteiger partial charge in [0.25, 0.3) is 0 Å². The van der Waals surface area contributed by atoms with Crippen molar-refractivity contribution in [3.63, 3.8) is 0 Å². The van der Waals surface area contributed by atoms with Crippen LogP contribution in [0.2, 0.25) is 0 Å². The van der Waals surface area contributed by atoms with Gasteiger partial charge in [-0.25, -0.2) is 0 Å². The molecule has 2 aromatic rings. The van der Waals surface area contributed by atoms with Crippen LogP contribution in [0.15, 0.2) is 30.5 Å². The normalized spacial score (nSPS) is 10.1. The number of nitrogens with zero attached hydrogens (tertiary/aromatic N) is 2. The number of hydrogen-bond acceptors (Lipinski definition) is 4. The number of hydrogen-bond donors (Lipinski definition) is 1. The lowest BCUT2D eigenvalue weighted by Crippen LogP contribution is -2.05. The molecule has 0 saturated heterocycles. The second kappa shape index (κ2) is 6.07. The number of ether oxygens (including phenoxy) is 1. The number of rotatable bonds is 4. The molecule has 2 rings (SSSR count). The van der Waals surface area contributed by atoms with Crippen molar-refractivity contribution in [1.82, 2.24) is 4.98 Å². The highest BCUT2D eigenvalue weighted by Gasteiger charge is 2.06. The maximum absolute atomic E-state index is 8.62. The minimum atomic E-state index is 0.383. The van der Waals surface area contributed by atoms with Gasteiger partial charge in [-0.2, -0.15) is 5.26 Å². The maximum Gasteiger partial charge on any atom is 0.131 e. The zero-order chi connectivity index (χ0) is 14.5. The van der Waals surface area contributed by atoms with Gasteiger partial charge in [0.2, 0.25) is 0 Å². The molecule has 0 radical (unpaired) electrons. The largest absolute Gasteiger partial charge is 0.487 e. The fraction of sp³-hybridized carbons (Fsp3) is 0.250. The average Bonchev–Trinajstić information content (AvgIpc) is 2.46. The third kappa shape index (κ3) is 3.07. The molecule has 1 aromatic carbocycles. The van der Waals surface area contributed by atoms with Gasteiger partial charge in [0, 0.05) is 11.9 Å². The Bertz CT molecular complexity index is 642. The van der Waals surface area contributed by atoms with E-state index in [2.05, 4.69) is 11.1 Å². The molecule has 0 aliphatic carbocycles. The lowest BCUT2D eigenvalue weighted by molar-refractivity contribution is 0.300. The van der Waals surface area contributed by atoms with Crippen LogP contribution < -0.4 is 10.5 Å². The summed E-state index contributed by atoms with van der Waals surface area (Å²) in [6.45, 7) is 4.27. The van der Waals surface area contributed by atoms with E-state index in [1.54, 1.807) is 6.20 Å². The SMILES string of the molecule is Cc1cnc(COc2ccc(CC#N)cc2)c(C)c1N. The molecule has 0 aliphatic rings. The highest BCUT2D eigenvalue weighted by atomic mass is 16.5. The number of benzene rings is 1. The van der Waals surface area contributed by atoms with E-state index in [0.29, 0.717) is 13.0 Å². The van der Waals surface area contributed by atoms with E-state index in [0.717, 1.165) is 33.8 Å². The first-order valence-electron chi connectivity index (χ1n) is 6.41. The molecule has 0 saturated carbocycles. The van der Waals surface area contributed by atoms with Crippen molar-refractivity contribution < 1.29 is 4.74 Å². The summed E-state index contributed by atoms with van der Waals surface area (Å²) in [7, 11) is 0. The minimum absolute atomic E-state index is 0.383. The average molecular weight is 267 g/mol. The van der Waals surface area contributed by atoms with Gasteiger partial charge in [-0.15, -0.1) is 0 Å². The molecule has 1 aromatic heterocycles. The van der Waals surface area contributed by atoms with Crippen LogP contribution in [0.4, 0.5) is 5.69 Å². The van der Waals surface area contributed by atoms with Crippen molar-refractivity contribution in [2.75, 3.05) is 5.73 Å². The fourth-order valence-electron chi connectivity index (χ4n) is 1.88. The molecule has 4 nitrogen and oxygen atoms in total. The van der Waals surface area contributed by atoms with Gasteiger partial charge in [-0.3, -0.25) is 4.98 Å². The Hall–Kier alpha value is -2.54. The summed E-state index contributed by atoms with van der Waals surface area (Å²) >= 11 is 0. The van der Waals surface area contributed by atoms with E-state index < -0.39 is 0 Å². The van der Waals surface area contributed by atoms with E-state index in [-0.39, 0.29) is 0 Å². The molecule has 4 heteroatoms. The van der Waals surface area contributed by atoms with Gasteiger partial charge in [0.05, 0.1) is 18.2 Å². The molecule has 1 heterocycles. The van der Waals surface area contributed by atoms with E-state index >= 15 is 0 Å². The van der Waals surface area contributed by atoms with Gasteiger partial charge in [0.1, 0.15) is 12.4 Å². The Morgan fingerprint density at radius 2 is 1.95 bits per heavy atom. The number of aromatic nitrogens is 1. The van der Waals surface area contributed by atoms with Crippen LogP contribution in [0.25, 0.3) is 0 Å². The molecular weight excluding hydrogens is 250 g/mol. The van der Waals surface area contributed by atoms with Gasteiger partial charge in [-0.05, 0) is 42.7 Å². The Balaban J connectivity index is 2.05. The smallest absolute Gasteiger partial charge is 0.131 e. The van der Waals surface area contributed by atoms with Crippen LogP contribution >= 0.6 is 0 Å². The molecule has 0 atom stereocenters. The monoisotopic (exact) mass is 267 g/mol. The number of nitrogen functional groups attached to an aromatic ring is 1. The number of pyridine rings is 1. The Labute approximate surface area is 118 Å². The van der Waals surface area contributed by atoms with Crippen molar-refractivity contribution in [3.05, 3.63) is 52.8 Å². The Morgan fingerprint density at radius 1 is 1.25 bits per heavy atom. The minimum Gasteiger partial charge on any atom is -0.487 e. The lowest BCUT2D eigenvalue weighted by Gasteiger charge is -2.11. The van der Waals surface area contributed by atoms with E-state index in [9.17, 15) is 0 Å². The summed E-state index contributed by atoms with van der Waals surface area (Å²) in [6.07, 6.45) is 2.17. The molecular formula is C16H17N3O. The fourth-order valence-corrected chi connectivity index (χ4v) is 1.88. The topological polar surface area (TPSA) is 71.9 Å². The lowest BCUT2D eigenvalue weighted by atomic mass is 10.1. The molecule has 102 valence electrons. The first kappa shape index (κ1) is 13.9. The van der Waals surface area contributed by atoms with Crippen molar-refractivity contribution in [1.29, 1.82) is 5.26 Å². The predicted molar refractivity (Wildman–Crippen MR) is 78.2 cm³/mol. The van der Waals surface area contributed by atoms with E-state index in [4.69, 9.17) is 15.7 Å². The van der Waals surface area contributed by atoms with Crippen molar-refractivity contribution in [2.45, 2.75) is 26.9 Å². The molecule has 0 bridgehead atoms. The van der Waals surface area contributed by atoms with Crippen LogP contribution in [-0.4, -0.2) is 4.98 Å². The Kier molecular flexibility index (Phi) is 4.21. The van der Waals surface area contributed by atoms with Gasteiger partial charge in [0.15, 0.2) is 0 Å². The molecule has 20 heavy (non-hydrogen) atoms. The Morgan fingerprint density at radius 3 is 2.60 bits per heavy atom. The summed E-state index contributed by atoms with van der Waals surface area (Å²) in [5, 5.41) is 8.62. The van der Waals surface area contributed by atoms with E-state index in [1.165, 1.54) is 0 Å². The molecule has 0 aliphatic heterocycles. The molecule has 0 fully saturated rings. The van der Waals surface area contributed by atoms with Gasteiger partial charge < -0.3 is 10.5 Å². The summed E-state index contributed by atoms with van der Waals surface area (Å²) in [5.74, 6) is 0.757. The number of anilines is 1. The van der Waals surface area contributed by atoms with Crippen LogP contribution in [0.1, 0.15) is 22.4 Å². The molecule has 0 amide bonds. The van der Waals surface area contributed by atoms with Crippen LogP contribution in [0.5, 0.6) is 5.75 Å². The summed E-state index contributed by atoms with van der Waals surface area (Å²) in [6, 6.07) is 9.62. The van der Waals surface area contributed by atoms with Gasteiger partial charge in [-0.1, -0.05) is 12.1 Å². The zero-order valence-electron chi connectivity index (χ0n) is 11.7. The van der Waals surface area contributed by atoms with Crippen LogP contribution in [-0.2, 0) is 13.0 Å². The van der Waals surface area contributed by atoms with Crippen LogP contribution in [0, 0.1) is 25.2 Å². The zero-order valence-corrected chi connectivity index (χ0v) is 11.7. The summed E-state index contributed by atoms with van der Waals surface area (Å²) in [5.41, 5.74) is 10.5. The standard InChI is InChI=1S/C16H17N3O/c1-11-9-19-15(12(2)16(11)18)10-20-14-5-3-13(4-6-14)7-8-17/h3-6,9H,7,10H2,1-2H3,(H2,18,19).